The molecule has 1 aromatic heterocycles. The lowest BCUT2D eigenvalue weighted by atomic mass is 9.87. The predicted molar refractivity (Wildman–Crippen MR) is 99.1 cm³/mol. The zero-order valence-corrected chi connectivity index (χ0v) is 15.3. The third-order valence-corrected chi connectivity index (χ3v) is 5.30. The molecule has 2 aliphatic rings. The molecule has 1 N–H and O–H groups in total. The van der Waals surface area contributed by atoms with Gasteiger partial charge in [-0.3, -0.25) is 19.8 Å². The van der Waals surface area contributed by atoms with Crippen LogP contribution in [0.4, 0.5) is 11.5 Å². The SMILES string of the molecule is CC1CCCC(NC(=O)CN2CCN(c3ncccc3[N+](=O)[O-])CC2)C1. The Morgan fingerprint density at radius 1 is 1.35 bits per heavy atom. The average molecular weight is 361 g/mol. The van der Waals surface area contributed by atoms with E-state index in [4.69, 9.17) is 0 Å². The third-order valence-electron chi connectivity index (χ3n) is 5.30. The van der Waals surface area contributed by atoms with Crippen molar-refractivity contribution in [2.45, 2.75) is 38.6 Å². The van der Waals surface area contributed by atoms with Crippen molar-refractivity contribution < 1.29 is 9.72 Å². The van der Waals surface area contributed by atoms with Crippen molar-refractivity contribution in [3.8, 4) is 0 Å². The van der Waals surface area contributed by atoms with Crippen molar-refractivity contribution in [2.24, 2.45) is 5.92 Å². The number of pyridine rings is 1. The van der Waals surface area contributed by atoms with Crippen molar-refractivity contribution in [1.82, 2.24) is 15.2 Å². The minimum absolute atomic E-state index is 0.0325. The van der Waals surface area contributed by atoms with Gasteiger partial charge in [-0.25, -0.2) is 4.98 Å². The summed E-state index contributed by atoms with van der Waals surface area (Å²) in [4.78, 5) is 31.3. The number of piperazine rings is 1. The van der Waals surface area contributed by atoms with Crippen molar-refractivity contribution in [1.29, 1.82) is 0 Å². The second-order valence-electron chi connectivity index (χ2n) is 7.40. The normalized spacial score (nSPS) is 24.3. The van der Waals surface area contributed by atoms with Gasteiger partial charge in [0.1, 0.15) is 0 Å². The number of carbonyl (C=O) groups excluding carboxylic acids is 1. The molecule has 1 aliphatic heterocycles. The maximum Gasteiger partial charge on any atom is 0.311 e. The first kappa shape index (κ1) is 18.6. The van der Waals surface area contributed by atoms with Crippen molar-refractivity contribution in [3.63, 3.8) is 0 Å². The molecule has 1 aliphatic carbocycles. The molecule has 2 fully saturated rings. The van der Waals surface area contributed by atoms with Gasteiger partial charge in [-0.15, -0.1) is 0 Å². The van der Waals surface area contributed by atoms with Crippen LogP contribution in [0.3, 0.4) is 0 Å². The highest BCUT2D eigenvalue weighted by Crippen LogP contribution is 2.26. The lowest BCUT2D eigenvalue weighted by Gasteiger charge is -2.35. The number of nitrogens with zero attached hydrogens (tertiary/aromatic N) is 4. The molecule has 0 bridgehead atoms. The molecule has 3 rings (SSSR count). The zero-order chi connectivity index (χ0) is 18.5. The minimum atomic E-state index is -0.396. The van der Waals surface area contributed by atoms with Crippen LogP contribution in [0.2, 0.25) is 0 Å². The summed E-state index contributed by atoms with van der Waals surface area (Å²) in [6.45, 7) is 5.29. The molecule has 1 amide bonds. The maximum absolute atomic E-state index is 12.3. The molecule has 0 spiro atoms. The number of amides is 1. The molecule has 2 heterocycles. The molecule has 142 valence electrons. The highest BCUT2D eigenvalue weighted by molar-refractivity contribution is 5.78. The molecule has 8 nitrogen and oxygen atoms in total. The Balaban J connectivity index is 1.48. The summed E-state index contributed by atoms with van der Waals surface area (Å²) in [7, 11) is 0. The number of anilines is 1. The molecule has 26 heavy (non-hydrogen) atoms. The molecular weight excluding hydrogens is 334 g/mol. The third kappa shape index (κ3) is 4.69. The highest BCUT2D eigenvalue weighted by atomic mass is 16.6. The van der Waals surface area contributed by atoms with Crippen molar-refractivity contribution in [2.75, 3.05) is 37.6 Å². The monoisotopic (exact) mass is 361 g/mol. The molecule has 1 aromatic rings. The van der Waals surface area contributed by atoms with Crippen LogP contribution in [0.5, 0.6) is 0 Å². The Hall–Kier alpha value is -2.22. The molecular formula is C18H27N5O3. The molecule has 8 heteroatoms. The van der Waals surface area contributed by atoms with Gasteiger partial charge in [-0.05, 0) is 24.8 Å². The molecule has 2 unspecified atom stereocenters. The van der Waals surface area contributed by atoms with E-state index >= 15 is 0 Å². The fourth-order valence-corrected chi connectivity index (χ4v) is 3.93. The summed E-state index contributed by atoms with van der Waals surface area (Å²) in [6.07, 6.45) is 6.17. The lowest BCUT2D eigenvalue weighted by Crippen LogP contribution is -2.51. The first-order valence-corrected chi connectivity index (χ1v) is 9.39. The average Bonchev–Trinajstić information content (AvgIpc) is 2.62. The first-order valence-electron chi connectivity index (χ1n) is 9.39. The number of nitrogens with one attached hydrogen (secondary N) is 1. The van der Waals surface area contributed by atoms with Gasteiger partial charge in [0.25, 0.3) is 0 Å². The summed E-state index contributed by atoms with van der Waals surface area (Å²) in [6, 6.07) is 3.37. The van der Waals surface area contributed by atoms with Gasteiger partial charge in [-0.1, -0.05) is 19.8 Å². The van der Waals surface area contributed by atoms with Gasteiger partial charge in [-0.2, -0.15) is 0 Å². The van der Waals surface area contributed by atoms with Gasteiger partial charge >= 0.3 is 5.69 Å². The molecule has 2 atom stereocenters. The van der Waals surface area contributed by atoms with Crippen LogP contribution in [0.1, 0.15) is 32.6 Å². The topological polar surface area (TPSA) is 91.6 Å². The molecule has 1 saturated carbocycles. The summed E-state index contributed by atoms with van der Waals surface area (Å²) >= 11 is 0. The Morgan fingerprint density at radius 2 is 2.12 bits per heavy atom. The van der Waals surface area contributed by atoms with Crippen LogP contribution in [0.25, 0.3) is 0 Å². The molecule has 0 aromatic carbocycles. The summed E-state index contributed by atoms with van der Waals surface area (Å²) in [5.41, 5.74) is 0.0325. The van der Waals surface area contributed by atoms with Crippen molar-refractivity contribution >= 4 is 17.4 Å². The van der Waals surface area contributed by atoms with Crippen LogP contribution in [-0.4, -0.2) is 59.5 Å². The first-order chi connectivity index (χ1) is 12.5. The number of nitro groups is 1. The highest BCUT2D eigenvalue weighted by Gasteiger charge is 2.26. The molecule has 1 saturated heterocycles. The van der Waals surface area contributed by atoms with E-state index in [0.717, 1.165) is 12.8 Å². The minimum Gasteiger partial charge on any atom is -0.352 e. The van der Waals surface area contributed by atoms with Gasteiger partial charge < -0.3 is 10.2 Å². The number of carbonyl (C=O) groups is 1. The zero-order valence-electron chi connectivity index (χ0n) is 15.3. The van der Waals surface area contributed by atoms with E-state index in [0.29, 0.717) is 50.5 Å². The Bertz CT molecular complexity index is 645. The quantitative estimate of drug-likeness (QED) is 0.635. The number of hydrogen-bond donors (Lipinski definition) is 1. The second-order valence-corrected chi connectivity index (χ2v) is 7.40. The van der Waals surface area contributed by atoms with E-state index in [1.807, 2.05) is 4.90 Å². The standard InChI is InChI=1S/C18H27N5O3/c1-14-4-2-5-15(12-14)20-17(24)13-21-8-10-22(11-9-21)18-16(23(25)26)6-3-7-19-18/h3,6-7,14-15H,2,4-5,8-13H2,1H3,(H,20,24). The molecule has 0 radical (unpaired) electrons. The number of rotatable bonds is 5. The summed E-state index contributed by atoms with van der Waals surface area (Å²) < 4.78 is 0. The van der Waals surface area contributed by atoms with Gasteiger partial charge in [0, 0.05) is 44.5 Å². The van der Waals surface area contributed by atoms with E-state index in [1.165, 1.54) is 18.9 Å². The lowest BCUT2D eigenvalue weighted by molar-refractivity contribution is -0.384. The summed E-state index contributed by atoms with van der Waals surface area (Å²) in [5.74, 6) is 1.19. The fourth-order valence-electron chi connectivity index (χ4n) is 3.93. The van der Waals surface area contributed by atoms with E-state index in [9.17, 15) is 14.9 Å². The predicted octanol–water partition coefficient (Wildman–Crippen LogP) is 1.81. The van der Waals surface area contributed by atoms with Crippen LogP contribution in [0.15, 0.2) is 18.3 Å². The number of aromatic nitrogens is 1. The maximum atomic E-state index is 12.3. The largest absolute Gasteiger partial charge is 0.352 e. The van der Waals surface area contributed by atoms with Crippen molar-refractivity contribution in [3.05, 3.63) is 28.4 Å². The van der Waals surface area contributed by atoms with Gasteiger partial charge in [0.2, 0.25) is 11.7 Å². The Labute approximate surface area is 153 Å². The Kier molecular flexibility index (Phi) is 6.03. The van der Waals surface area contributed by atoms with E-state index in [-0.39, 0.29) is 11.6 Å². The van der Waals surface area contributed by atoms with E-state index in [2.05, 4.69) is 22.1 Å². The Morgan fingerprint density at radius 3 is 2.81 bits per heavy atom. The van der Waals surface area contributed by atoms with Crippen LogP contribution in [-0.2, 0) is 4.79 Å². The van der Waals surface area contributed by atoms with Crippen LogP contribution in [0, 0.1) is 16.0 Å². The van der Waals surface area contributed by atoms with E-state index < -0.39 is 4.92 Å². The van der Waals surface area contributed by atoms with Crippen LogP contribution >= 0.6 is 0 Å². The second kappa shape index (κ2) is 8.44. The van der Waals surface area contributed by atoms with Gasteiger partial charge in [0.05, 0.1) is 11.5 Å². The number of hydrogen-bond acceptors (Lipinski definition) is 6. The fraction of sp³-hybridized carbons (Fsp3) is 0.667. The summed E-state index contributed by atoms with van der Waals surface area (Å²) in [5, 5.41) is 14.3. The smallest absolute Gasteiger partial charge is 0.311 e. The van der Waals surface area contributed by atoms with Gasteiger partial charge in [0.15, 0.2) is 0 Å². The van der Waals surface area contributed by atoms with E-state index in [1.54, 1.807) is 12.3 Å². The van der Waals surface area contributed by atoms with Crippen LogP contribution < -0.4 is 10.2 Å².